The van der Waals surface area contributed by atoms with Gasteiger partial charge in [-0.3, -0.25) is 19.0 Å². The number of nitrogens with one attached hydrogen (secondary N) is 2. The summed E-state index contributed by atoms with van der Waals surface area (Å²) in [5.74, 6) is -0.120. The molecule has 1 heterocycles. The zero-order chi connectivity index (χ0) is 24.0. The van der Waals surface area contributed by atoms with Gasteiger partial charge in [0.05, 0.1) is 36.0 Å². The number of nitrogens with zero attached hydrogens (tertiary/aromatic N) is 2. The predicted octanol–water partition coefficient (Wildman–Crippen LogP) is 3.53. The van der Waals surface area contributed by atoms with Crippen molar-refractivity contribution in [3.05, 3.63) is 58.4 Å². The minimum Gasteiger partial charge on any atom is -0.495 e. The van der Waals surface area contributed by atoms with E-state index in [0.29, 0.717) is 27.5 Å². The molecule has 0 aliphatic carbocycles. The minimum atomic E-state index is -0.363. The van der Waals surface area contributed by atoms with Crippen molar-refractivity contribution in [3.63, 3.8) is 0 Å². The van der Waals surface area contributed by atoms with Gasteiger partial charge in [-0.05, 0) is 50.1 Å². The number of carbonyl (C=O) groups excluding carboxylic acids is 2. The van der Waals surface area contributed by atoms with Gasteiger partial charge in [-0.25, -0.2) is 4.98 Å². The van der Waals surface area contributed by atoms with Crippen LogP contribution in [0.4, 0.5) is 5.69 Å². The fraction of sp³-hybridized carbons (Fsp3) is 0.333. The molecule has 0 spiro atoms. The average molecular weight is 469 g/mol. The van der Waals surface area contributed by atoms with Gasteiger partial charge in [-0.1, -0.05) is 36.9 Å². The lowest BCUT2D eigenvalue weighted by atomic mass is 10.2. The van der Waals surface area contributed by atoms with Crippen LogP contribution in [0, 0.1) is 6.92 Å². The first-order chi connectivity index (χ1) is 15.8. The lowest BCUT2D eigenvalue weighted by Gasteiger charge is -2.18. The highest BCUT2D eigenvalue weighted by Gasteiger charge is 2.17. The van der Waals surface area contributed by atoms with Gasteiger partial charge in [0.15, 0.2) is 5.16 Å². The normalized spacial score (nSPS) is 11.8. The van der Waals surface area contributed by atoms with Crippen molar-refractivity contribution >= 4 is 40.2 Å². The lowest BCUT2D eigenvalue weighted by Crippen LogP contribution is -2.34. The van der Waals surface area contributed by atoms with Crippen molar-refractivity contribution in [2.75, 3.05) is 24.7 Å². The van der Waals surface area contributed by atoms with Crippen LogP contribution in [-0.4, -0.2) is 40.8 Å². The second kappa shape index (κ2) is 11.0. The molecule has 0 bridgehead atoms. The molecule has 3 aromatic rings. The van der Waals surface area contributed by atoms with Crippen LogP contribution >= 0.6 is 11.8 Å². The van der Waals surface area contributed by atoms with Gasteiger partial charge >= 0.3 is 0 Å². The fourth-order valence-electron chi connectivity index (χ4n) is 3.27. The summed E-state index contributed by atoms with van der Waals surface area (Å²) in [4.78, 5) is 42.3. The van der Waals surface area contributed by atoms with E-state index in [2.05, 4.69) is 15.6 Å². The number of amides is 2. The van der Waals surface area contributed by atoms with Crippen LogP contribution in [0.5, 0.6) is 5.75 Å². The van der Waals surface area contributed by atoms with Gasteiger partial charge in [-0.15, -0.1) is 0 Å². The molecule has 0 radical (unpaired) electrons. The van der Waals surface area contributed by atoms with Crippen molar-refractivity contribution in [3.8, 4) is 5.75 Å². The van der Waals surface area contributed by atoms with Crippen molar-refractivity contribution in [2.24, 2.45) is 0 Å². The lowest BCUT2D eigenvalue weighted by molar-refractivity contribution is -0.122. The number of para-hydroxylation sites is 1. The van der Waals surface area contributed by atoms with Crippen LogP contribution in [0.2, 0.25) is 0 Å². The van der Waals surface area contributed by atoms with Gasteiger partial charge in [0.1, 0.15) is 5.75 Å². The van der Waals surface area contributed by atoms with E-state index in [4.69, 9.17) is 4.74 Å². The van der Waals surface area contributed by atoms with E-state index in [1.807, 2.05) is 39.0 Å². The molecule has 0 fully saturated rings. The van der Waals surface area contributed by atoms with Gasteiger partial charge in [-0.2, -0.15) is 0 Å². The van der Waals surface area contributed by atoms with Gasteiger partial charge in [0.2, 0.25) is 11.8 Å². The Labute approximate surface area is 196 Å². The molecule has 0 saturated carbocycles. The third-order valence-corrected chi connectivity index (χ3v) is 6.17. The van der Waals surface area contributed by atoms with Crippen LogP contribution in [0.15, 0.2) is 52.4 Å². The Morgan fingerprint density at radius 2 is 1.94 bits per heavy atom. The molecule has 2 N–H and O–H groups in total. The molecule has 33 heavy (non-hydrogen) atoms. The topological polar surface area (TPSA) is 102 Å². The molecule has 1 aromatic heterocycles. The first-order valence-corrected chi connectivity index (χ1v) is 11.7. The van der Waals surface area contributed by atoms with Crippen molar-refractivity contribution < 1.29 is 14.3 Å². The number of carbonyl (C=O) groups is 2. The van der Waals surface area contributed by atoms with E-state index in [-0.39, 0.29) is 35.7 Å². The number of fused-ring (bicyclic) bond motifs is 1. The zero-order valence-corrected chi connectivity index (χ0v) is 20.0. The Morgan fingerprint density at radius 3 is 2.67 bits per heavy atom. The summed E-state index contributed by atoms with van der Waals surface area (Å²) in [7, 11) is 1.53. The first kappa shape index (κ1) is 24.3. The maximum Gasteiger partial charge on any atom is 0.262 e. The molecule has 0 saturated heterocycles. The van der Waals surface area contributed by atoms with E-state index < -0.39 is 0 Å². The van der Waals surface area contributed by atoms with Crippen LogP contribution in [0.1, 0.15) is 31.9 Å². The molecule has 8 nitrogen and oxygen atoms in total. The number of anilines is 1. The molecule has 9 heteroatoms. The SMILES string of the molecule is CCC(C)n1c(SCC(=O)NCC(=O)Nc2cc(C)ccc2OC)nc2ccccc2c1=O. The Bertz CT molecular complexity index is 1220. The fourth-order valence-corrected chi connectivity index (χ4v) is 4.20. The van der Waals surface area contributed by atoms with Crippen molar-refractivity contribution in [1.82, 2.24) is 14.9 Å². The molecule has 2 amide bonds. The summed E-state index contributed by atoms with van der Waals surface area (Å²) in [5.41, 5.74) is 1.99. The molecule has 1 atom stereocenters. The van der Waals surface area contributed by atoms with Crippen molar-refractivity contribution in [1.29, 1.82) is 0 Å². The van der Waals surface area contributed by atoms with E-state index in [1.54, 1.807) is 28.8 Å². The van der Waals surface area contributed by atoms with Crippen LogP contribution in [0.25, 0.3) is 10.9 Å². The second-order valence-electron chi connectivity index (χ2n) is 7.66. The molecule has 0 aliphatic rings. The van der Waals surface area contributed by atoms with Gasteiger partial charge in [0, 0.05) is 6.04 Å². The Morgan fingerprint density at radius 1 is 1.18 bits per heavy atom. The molecule has 3 rings (SSSR count). The second-order valence-corrected chi connectivity index (χ2v) is 8.60. The van der Waals surface area contributed by atoms with E-state index in [1.165, 1.54) is 18.9 Å². The third kappa shape index (κ3) is 5.92. The Balaban J connectivity index is 1.65. The summed E-state index contributed by atoms with van der Waals surface area (Å²) in [6.45, 7) is 5.68. The standard InChI is InChI=1S/C24H28N4O4S/c1-5-16(3)28-23(31)17-8-6-7-9-18(17)27-24(28)33-14-22(30)25-13-21(29)26-19-12-15(2)10-11-20(19)32-4/h6-12,16H,5,13-14H2,1-4H3,(H,25,30)(H,26,29). The number of thioether (sulfide) groups is 1. The number of hydrogen-bond donors (Lipinski definition) is 2. The number of hydrogen-bond acceptors (Lipinski definition) is 6. The van der Waals surface area contributed by atoms with E-state index >= 15 is 0 Å². The minimum absolute atomic E-state index is 0.0300. The van der Waals surface area contributed by atoms with Gasteiger partial charge in [0.25, 0.3) is 5.56 Å². The first-order valence-electron chi connectivity index (χ1n) is 10.7. The molecular weight excluding hydrogens is 440 g/mol. The quantitative estimate of drug-likeness (QED) is 0.368. The van der Waals surface area contributed by atoms with Crippen molar-refractivity contribution in [2.45, 2.75) is 38.4 Å². The number of rotatable bonds is 9. The van der Waals surface area contributed by atoms with Crippen LogP contribution in [-0.2, 0) is 9.59 Å². The number of aryl methyl sites for hydroxylation is 1. The maximum atomic E-state index is 13.0. The summed E-state index contributed by atoms with van der Waals surface area (Å²) < 4.78 is 6.89. The summed E-state index contributed by atoms with van der Waals surface area (Å²) in [5, 5.41) is 6.39. The summed E-state index contributed by atoms with van der Waals surface area (Å²) in [6, 6.07) is 12.6. The molecule has 1 unspecified atom stereocenters. The smallest absolute Gasteiger partial charge is 0.262 e. The molecule has 0 aliphatic heterocycles. The summed E-state index contributed by atoms with van der Waals surface area (Å²) >= 11 is 1.18. The highest BCUT2D eigenvalue weighted by atomic mass is 32.2. The number of aromatic nitrogens is 2. The third-order valence-electron chi connectivity index (χ3n) is 5.21. The molecular formula is C24H28N4O4S. The number of methoxy groups -OCH3 is 1. The van der Waals surface area contributed by atoms with Crippen LogP contribution < -0.4 is 20.9 Å². The average Bonchev–Trinajstić information content (AvgIpc) is 2.81. The number of benzene rings is 2. The largest absolute Gasteiger partial charge is 0.495 e. The highest BCUT2D eigenvalue weighted by Crippen LogP contribution is 2.25. The predicted molar refractivity (Wildman–Crippen MR) is 131 cm³/mol. The van der Waals surface area contributed by atoms with Crippen LogP contribution in [0.3, 0.4) is 0 Å². The van der Waals surface area contributed by atoms with E-state index in [9.17, 15) is 14.4 Å². The Hall–Kier alpha value is -3.33. The molecule has 2 aromatic carbocycles. The summed E-state index contributed by atoms with van der Waals surface area (Å²) in [6.07, 6.45) is 0.752. The monoisotopic (exact) mass is 468 g/mol. The molecule has 174 valence electrons. The zero-order valence-electron chi connectivity index (χ0n) is 19.2. The Kier molecular flexibility index (Phi) is 8.11. The van der Waals surface area contributed by atoms with Gasteiger partial charge < -0.3 is 15.4 Å². The maximum absolute atomic E-state index is 13.0. The van der Waals surface area contributed by atoms with E-state index in [0.717, 1.165) is 12.0 Å². The number of ether oxygens (including phenoxy) is 1. The highest BCUT2D eigenvalue weighted by molar-refractivity contribution is 7.99.